The number of anilines is 1. The highest BCUT2D eigenvalue weighted by molar-refractivity contribution is 9.10. The standard InChI is InChI=1S/C22H17BrCl3N3O2S/c23-15-2-1-3-19(10-15)32(30,31)27-13-18-12-22(14-4-6-16(24)7-5-14)29(28-18)21-9-8-17(25)11-20(21)26/h1-11,22,27H,12-13H2. The highest BCUT2D eigenvalue weighted by atomic mass is 79.9. The normalized spacial score (nSPS) is 16.3. The number of sulfonamides is 1. The van der Waals surface area contributed by atoms with E-state index in [0.29, 0.717) is 37.4 Å². The molecule has 1 aliphatic heterocycles. The number of hydrogen-bond donors (Lipinski definition) is 1. The smallest absolute Gasteiger partial charge is 0.240 e. The summed E-state index contributed by atoms with van der Waals surface area (Å²) >= 11 is 21.9. The maximum atomic E-state index is 12.7. The van der Waals surface area contributed by atoms with Crippen LogP contribution in [0, 0.1) is 0 Å². The van der Waals surface area contributed by atoms with Gasteiger partial charge in [-0.15, -0.1) is 0 Å². The van der Waals surface area contributed by atoms with E-state index in [1.54, 1.807) is 47.5 Å². The van der Waals surface area contributed by atoms with Gasteiger partial charge in [-0.3, -0.25) is 5.01 Å². The van der Waals surface area contributed by atoms with Crippen molar-refractivity contribution in [2.24, 2.45) is 5.10 Å². The van der Waals surface area contributed by atoms with Crippen molar-refractivity contribution in [1.29, 1.82) is 0 Å². The van der Waals surface area contributed by atoms with Crippen LogP contribution >= 0.6 is 50.7 Å². The van der Waals surface area contributed by atoms with E-state index in [2.05, 4.69) is 20.7 Å². The third-order valence-corrected chi connectivity index (χ3v) is 7.64. The number of hydrogen-bond acceptors (Lipinski definition) is 4. The van der Waals surface area contributed by atoms with E-state index < -0.39 is 10.0 Å². The lowest BCUT2D eigenvalue weighted by molar-refractivity contribution is 0.586. The summed E-state index contributed by atoms with van der Waals surface area (Å²) in [5, 5.41) is 8.10. The molecule has 0 aromatic heterocycles. The molecule has 32 heavy (non-hydrogen) atoms. The van der Waals surface area contributed by atoms with Crippen LogP contribution in [-0.4, -0.2) is 20.7 Å². The summed E-state index contributed by atoms with van der Waals surface area (Å²) in [6.45, 7) is 0.0701. The van der Waals surface area contributed by atoms with E-state index in [1.807, 2.05) is 24.3 Å². The molecule has 1 unspecified atom stereocenters. The molecule has 0 fully saturated rings. The predicted molar refractivity (Wildman–Crippen MR) is 135 cm³/mol. The molecular formula is C22H17BrCl3N3O2S. The number of halogens is 4. The second kappa shape index (κ2) is 9.71. The van der Waals surface area contributed by atoms with Gasteiger partial charge in [0.15, 0.2) is 0 Å². The Bertz CT molecular complexity index is 1280. The molecule has 0 saturated heterocycles. The minimum atomic E-state index is -3.69. The third kappa shape index (κ3) is 5.30. The number of hydrazone groups is 1. The first kappa shape index (κ1) is 23.5. The van der Waals surface area contributed by atoms with Gasteiger partial charge < -0.3 is 0 Å². The zero-order valence-corrected chi connectivity index (χ0v) is 21.1. The molecule has 1 aliphatic rings. The first-order chi connectivity index (χ1) is 15.2. The van der Waals surface area contributed by atoms with Crippen molar-refractivity contribution in [3.8, 4) is 0 Å². The Morgan fingerprint density at radius 2 is 1.72 bits per heavy atom. The quantitative estimate of drug-likeness (QED) is 0.357. The van der Waals surface area contributed by atoms with Gasteiger partial charge in [-0.1, -0.05) is 68.9 Å². The largest absolute Gasteiger partial charge is 0.256 e. The Balaban J connectivity index is 1.61. The van der Waals surface area contributed by atoms with Gasteiger partial charge in [0.1, 0.15) is 0 Å². The van der Waals surface area contributed by atoms with Gasteiger partial charge in [0.25, 0.3) is 0 Å². The second-order valence-corrected chi connectivity index (χ2v) is 11.1. The Labute approximate surface area is 210 Å². The Kier molecular flexibility index (Phi) is 7.14. The van der Waals surface area contributed by atoms with Crippen LogP contribution in [0.25, 0.3) is 0 Å². The van der Waals surface area contributed by atoms with Gasteiger partial charge >= 0.3 is 0 Å². The second-order valence-electron chi connectivity index (χ2n) is 7.16. The molecule has 4 rings (SSSR count). The zero-order chi connectivity index (χ0) is 22.9. The predicted octanol–water partition coefficient (Wildman–Crippen LogP) is 6.70. The van der Waals surface area contributed by atoms with Gasteiger partial charge in [-0.2, -0.15) is 5.10 Å². The van der Waals surface area contributed by atoms with Crippen LogP contribution in [-0.2, 0) is 10.0 Å². The molecule has 0 bridgehead atoms. The van der Waals surface area contributed by atoms with Crippen molar-refractivity contribution >= 4 is 72.2 Å². The van der Waals surface area contributed by atoms with Crippen molar-refractivity contribution in [1.82, 2.24) is 4.72 Å². The molecule has 10 heteroatoms. The minimum absolute atomic E-state index is 0.0701. The maximum Gasteiger partial charge on any atom is 0.240 e. The van der Waals surface area contributed by atoms with Crippen LogP contribution in [0.15, 0.2) is 81.2 Å². The fraction of sp³-hybridized carbons (Fsp3) is 0.136. The van der Waals surface area contributed by atoms with Crippen LogP contribution in [0.5, 0.6) is 0 Å². The van der Waals surface area contributed by atoms with Crippen molar-refractivity contribution in [2.45, 2.75) is 17.4 Å². The van der Waals surface area contributed by atoms with Gasteiger partial charge in [0.05, 0.1) is 33.9 Å². The topological polar surface area (TPSA) is 61.8 Å². The fourth-order valence-corrected chi connectivity index (χ4v) is 5.64. The van der Waals surface area contributed by atoms with Crippen LogP contribution in [0.1, 0.15) is 18.0 Å². The average Bonchev–Trinajstić information content (AvgIpc) is 3.17. The molecule has 0 spiro atoms. The van der Waals surface area contributed by atoms with Crippen molar-refractivity contribution in [3.63, 3.8) is 0 Å². The van der Waals surface area contributed by atoms with E-state index in [4.69, 9.17) is 39.9 Å². The monoisotopic (exact) mass is 571 g/mol. The molecule has 1 heterocycles. The number of rotatable bonds is 6. The number of nitrogens with zero attached hydrogens (tertiary/aromatic N) is 2. The van der Waals surface area contributed by atoms with E-state index in [0.717, 1.165) is 5.56 Å². The fourth-order valence-electron chi connectivity index (χ4n) is 3.41. The zero-order valence-electron chi connectivity index (χ0n) is 16.5. The average molecular weight is 574 g/mol. The molecule has 0 aliphatic carbocycles. The molecule has 3 aromatic rings. The summed E-state index contributed by atoms with van der Waals surface area (Å²) in [6, 6.07) is 19.0. The van der Waals surface area contributed by atoms with Crippen molar-refractivity contribution < 1.29 is 8.42 Å². The molecule has 0 radical (unpaired) electrons. The SMILES string of the molecule is O=S(=O)(NCC1=NN(c2ccc(Cl)cc2Cl)C(c2ccc(Cl)cc2)C1)c1cccc(Br)c1. The van der Waals surface area contributed by atoms with E-state index in [1.165, 1.54) is 0 Å². The summed E-state index contributed by atoms with van der Waals surface area (Å²) in [6.07, 6.45) is 0.515. The number of nitrogens with one attached hydrogen (secondary N) is 1. The van der Waals surface area contributed by atoms with Crippen LogP contribution in [0.4, 0.5) is 5.69 Å². The van der Waals surface area contributed by atoms with E-state index >= 15 is 0 Å². The lowest BCUT2D eigenvalue weighted by Gasteiger charge is -2.25. The molecule has 1 atom stereocenters. The van der Waals surface area contributed by atoms with Crippen LogP contribution < -0.4 is 9.73 Å². The van der Waals surface area contributed by atoms with Crippen molar-refractivity contribution in [2.75, 3.05) is 11.6 Å². The van der Waals surface area contributed by atoms with Gasteiger partial charge in [0, 0.05) is 20.9 Å². The first-order valence-corrected chi connectivity index (χ1v) is 13.0. The summed E-state index contributed by atoms with van der Waals surface area (Å²) in [5.41, 5.74) is 2.34. The molecule has 166 valence electrons. The Morgan fingerprint density at radius 3 is 2.41 bits per heavy atom. The van der Waals surface area contributed by atoms with Gasteiger partial charge in [0.2, 0.25) is 10.0 Å². The molecule has 3 aromatic carbocycles. The van der Waals surface area contributed by atoms with Crippen LogP contribution in [0.3, 0.4) is 0 Å². The van der Waals surface area contributed by atoms with Gasteiger partial charge in [-0.25, -0.2) is 13.1 Å². The summed E-state index contributed by atoms with van der Waals surface area (Å²) in [5.74, 6) is 0. The first-order valence-electron chi connectivity index (χ1n) is 9.54. The molecular weight excluding hydrogens is 557 g/mol. The molecule has 0 amide bonds. The lowest BCUT2D eigenvalue weighted by atomic mass is 10.0. The maximum absolute atomic E-state index is 12.7. The molecule has 0 saturated carbocycles. The summed E-state index contributed by atoms with van der Waals surface area (Å²) < 4.78 is 28.8. The highest BCUT2D eigenvalue weighted by Crippen LogP contribution is 2.39. The molecule has 1 N–H and O–H groups in total. The Hall–Kier alpha value is -1.61. The minimum Gasteiger partial charge on any atom is -0.256 e. The van der Waals surface area contributed by atoms with E-state index in [-0.39, 0.29) is 17.5 Å². The Morgan fingerprint density at radius 1 is 1.00 bits per heavy atom. The van der Waals surface area contributed by atoms with Crippen molar-refractivity contribution in [3.05, 3.63) is 91.8 Å². The highest BCUT2D eigenvalue weighted by Gasteiger charge is 2.31. The summed E-state index contributed by atoms with van der Waals surface area (Å²) in [7, 11) is -3.69. The van der Waals surface area contributed by atoms with E-state index in [9.17, 15) is 8.42 Å². The lowest BCUT2D eigenvalue weighted by Crippen LogP contribution is -2.29. The van der Waals surface area contributed by atoms with Crippen LogP contribution in [0.2, 0.25) is 15.1 Å². The summed E-state index contributed by atoms with van der Waals surface area (Å²) in [4.78, 5) is 0.178. The number of benzene rings is 3. The third-order valence-electron chi connectivity index (χ3n) is 4.96. The van der Waals surface area contributed by atoms with Gasteiger partial charge in [-0.05, 0) is 54.1 Å². The molecule has 5 nitrogen and oxygen atoms in total.